The molecule has 0 unspecified atom stereocenters. The molecule has 0 saturated heterocycles. The van der Waals surface area contributed by atoms with Gasteiger partial charge in [0, 0.05) is 40.8 Å². The Morgan fingerprint density at radius 3 is 2.83 bits per heavy atom. The molecule has 0 spiro atoms. The maximum absolute atomic E-state index is 6.12. The average molecular weight is 263 g/mol. The largest absolute Gasteiger partial charge is 0.345 e. The van der Waals surface area contributed by atoms with Crippen LogP contribution >= 0.6 is 11.6 Å². The SMILES string of the molecule is CC(C)n1cc(CNC2CC2)c2cc(Cl)ccc21. The minimum Gasteiger partial charge on any atom is -0.345 e. The molecule has 0 aliphatic heterocycles. The fourth-order valence-electron chi connectivity index (χ4n) is 2.41. The van der Waals surface area contributed by atoms with Gasteiger partial charge in [-0.1, -0.05) is 11.6 Å². The molecule has 2 nitrogen and oxygen atoms in total. The van der Waals surface area contributed by atoms with E-state index in [4.69, 9.17) is 11.6 Å². The summed E-state index contributed by atoms with van der Waals surface area (Å²) in [5.74, 6) is 0. The Bertz CT molecular complexity index is 567. The summed E-state index contributed by atoms with van der Waals surface area (Å²) in [7, 11) is 0. The molecule has 0 bridgehead atoms. The zero-order valence-corrected chi connectivity index (χ0v) is 11.7. The van der Waals surface area contributed by atoms with Gasteiger partial charge in [-0.05, 0) is 50.5 Å². The van der Waals surface area contributed by atoms with Crippen LogP contribution in [0.25, 0.3) is 10.9 Å². The van der Waals surface area contributed by atoms with Gasteiger partial charge in [-0.3, -0.25) is 0 Å². The Hall–Kier alpha value is -0.990. The highest BCUT2D eigenvalue weighted by Gasteiger charge is 2.21. The summed E-state index contributed by atoms with van der Waals surface area (Å²) in [5.41, 5.74) is 2.63. The van der Waals surface area contributed by atoms with Crippen LogP contribution in [-0.4, -0.2) is 10.6 Å². The molecule has 2 aromatic rings. The molecular weight excluding hydrogens is 244 g/mol. The van der Waals surface area contributed by atoms with E-state index in [0.717, 1.165) is 17.6 Å². The number of nitrogens with zero attached hydrogens (tertiary/aromatic N) is 1. The molecule has 1 aliphatic carbocycles. The molecule has 1 aromatic carbocycles. The van der Waals surface area contributed by atoms with Gasteiger partial charge in [0.25, 0.3) is 0 Å². The quantitative estimate of drug-likeness (QED) is 0.877. The topological polar surface area (TPSA) is 17.0 Å². The van der Waals surface area contributed by atoms with E-state index in [2.05, 4.69) is 42.1 Å². The first kappa shape index (κ1) is 12.1. The van der Waals surface area contributed by atoms with Crippen molar-refractivity contribution in [2.45, 2.75) is 45.3 Å². The van der Waals surface area contributed by atoms with Crippen molar-refractivity contribution in [1.29, 1.82) is 0 Å². The summed E-state index contributed by atoms with van der Waals surface area (Å²) >= 11 is 6.12. The second-order valence-corrected chi connectivity index (χ2v) is 5.91. The molecule has 1 aromatic heterocycles. The van der Waals surface area contributed by atoms with E-state index < -0.39 is 0 Å². The fraction of sp³-hybridized carbons (Fsp3) is 0.467. The van der Waals surface area contributed by atoms with Gasteiger partial charge in [0.05, 0.1) is 0 Å². The first-order valence-corrected chi connectivity index (χ1v) is 7.05. The Kier molecular flexibility index (Phi) is 3.08. The molecule has 1 N–H and O–H groups in total. The van der Waals surface area contributed by atoms with Gasteiger partial charge in [-0.15, -0.1) is 0 Å². The highest BCUT2D eigenvalue weighted by molar-refractivity contribution is 6.31. The van der Waals surface area contributed by atoms with Gasteiger partial charge in [0.15, 0.2) is 0 Å². The molecule has 0 atom stereocenters. The third-order valence-corrected chi connectivity index (χ3v) is 3.83. The lowest BCUT2D eigenvalue weighted by atomic mass is 10.2. The number of benzene rings is 1. The molecule has 0 radical (unpaired) electrons. The summed E-state index contributed by atoms with van der Waals surface area (Å²) < 4.78 is 2.33. The van der Waals surface area contributed by atoms with E-state index in [1.807, 2.05) is 6.07 Å². The average Bonchev–Trinajstić information content (AvgIpc) is 3.08. The van der Waals surface area contributed by atoms with Gasteiger partial charge in [0.1, 0.15) is 0 Å². The van der Waals surface area contributed by atoms with Crippen LogP contribution in [0.5, 0.6) is 0 Å². The van der Waals surface area contributed by atoms with Gasteiger partial charge in [-0.25, -0.2) is 0 Å². The van der Waals surface area contributed by atoms with Crippen molar-refractivity contribution in [2.24, 2.45) is 0 Å². The fourth-order valence-corrected chi connectivity index (χ4v) is 2.58. The normalized spacial score (nSPS) is 15.8. The van der Waals surface area contributed by atoms with Gasteiger partial charge in [0.2, 0.25) is 0 Å². The molecule has 3 rings (SSSR count). The Balaban J connectivity index is 2.02. The van der Waals surface area contributed by atoms with Crippen molar-refractivity contribution >= 4 is 22.5 Å². The molecule has 0 amide bonds. The highest BCUT2D eigenvalue weighted by atomic mass is 35.5. The van der Waals surface area contributed by atoms with E-state index in [1.165, 1.54) is 29.3 Å². The van der Waals surface area contributed by atoms with E-state index in [9.17, 15) is 0 Å². The van der Waals surface area contributed by atoms with Crippen LogP contribution in [0, 0.1) is 0 Å². The van der Waals surface area contributed by atoms with E-state index >= 15 is 0 Å². The number of hydrogen-bond acceptors (Lipinski definition) is 1. The third kappa shape index (κ3) is 2.27. The van der Waals surface area contributed by atoms with Crippen LogP contribution < -0.4 is 5.32 Å². The van der Waals surface area contributed by atoms with E-state index in [-0.39, 0.29) is 0 Å². The van der Waals surface area contributed by atoms with Crippen molar-refractivity contribution in [3.63, 3.8) is 0 Å². The summed E-state index contributed by atoms with van der Waals surface area (Å²) in [6, 6.07) is 7.39. The van der Waals surface area contributed by atoms with Crippen molar-refractivity contribution < 1.29 is 0 Å². The van der Waals surface area contributed by atoms with Crippen LogP contribution in [0.3, 0.4) is 0 Å². The second-order valence-electron chi connectivity index (χ2n) is 5.47. The van der Waals surface area contributed by atoms with Gasteiger partial charge in [-0.2, -0.15) is 0 Å². The van der Waals surface area contributed by atoms with Crippen LogP contribution in [0.15, 0.2) is 24.4 Å². The number of halogens is 1. The smallest absolute Gasteiger partial charge is 0.0487 e. The second kappa shape index (κ2) is 4.60. The first-order chi connectivity index (χ1) is 8.65. The van der Waals surface area contributed by atoms with Crippen LogP contribution in [0.1, 0.15) is 38.3 Å². The number of rotatable bonds is 4. The first-order valence-electron chi connectivity index (χ1n) is 6.67. The van der Waals surface area contributed by atoms with Crippen LogP contribution in [0.4, 0.5) is 0 Å². The van der Waals surface area contributed by atoms with E-state index in [0.29, 0.717) is 6.04 Å². The lowest BCUT2D eigenvalue weighted by Crippen LogP contribution is -2.15. The Labute approximate surface area is 113 Å². The molecule has 1 aliphatic rings. The van der Waals surface area contributed by atoms with Crippen molar-refractivity contribution in [3.05, 3.63) is 35.0 Å². The molecule has 3 heteroatoms. The maximum atomic E-state index is 6.12. The standard InChI is InChI=1S/C15H19ClN2/c1-10(2)18-9-11(8-17-13-4-5-13)14-7-12(16)3-6-15(14)18/h3,6-7,9-10,13,17H,4-5,8H2,1-2H3. The number of nitrogens with one attached hydrogen (secondary N) is 1. The number of hydrogen-bond donors (Lipinski definition) is 1. The number of aromatic nitrogens is 1. The molecule has 18 heavy (non-hydrogen) atoms. The maximum Gasteiger partial charge on any atom is 0.0487 e. The monoisotopic (exact) mass is 262 g/mol. The van der Waals surface area contributed by atoms with Gasteiger partial charge >= 0.3 is 0 Å². The van der Waals surface area contributed by atoms with Crippen molar-refractivity contribution in [2.75, 3.05) is 0 Å². The zero-order chi connectivity index (χ0) is 12.7. The summed E-state index contributed by atoms with van der Waals surface area (Å²) in [4.78, 5) is 0. The Morgan fingerprint density at radius 1 is 1.39 bits per heavy atom. The van der Waals surface area contributed by atoms with Crippen LogP contribution in [-0.2, 0) is 6.54 Å². The predicted octanol–water partition coefficient (Wildman–Crippen LogP) is 4.13. The predicted molar refractivity (Wildman–Crippen MR) is 77.2 cm³/mol. The summed E-state index contributed by atoms with van der Waals surface area (Å²) in [5, 5.41) is 5.68. The third-order valence-electron chi connectivity index (χ3n) is 3.59. The highest BCUT2D eigenvalue weighted by Crippen LogP contribution is 2.28. The number of fused-ring (bicyclic) bond motifs is 1. The lowest BCUT2D eigenvalue weighted by molar-refractivity contribution is 0.616. The molecule has 1 heterocycles. The molecular formula is C15H19ClN2. The molecule has 1 fully saturated rings. The van der Waals surface area contributed by atoms with Crippen molar-refractivity contribution in [1.82, 2.24) is 9.88 Å². The van der Waals surface area contributed by atoms with Gasteiger partial charge < -0.3 is 9.88 Å². The minimum atomic E-state index is 0.475. The lowest BCUT2D eigenvalue weighted by Gasteiger charge is -2.08. The minimum absolute atomic E-state index is 0.475. The summed E-state index contributed by atoms with van der Waals surface area (Å²) in [6.07, 6.45) is 4.91. The molecule has 1 saturated carbocycles. The van der Waals surface area contributed by atoms with E-state index in [1.54, 1.807) is 0 Å². The molecule has 96 valence electrons. The van der Waals surface area contributed by atoms with Crippen LogP contribution in [0.2, 0.25) is 5.02 Å². The Morgan fingerprint density at radius 2 is 2.17 bits per heavy atom. The summed E-state index contributed by atoms with van der Waals surface area (Å²) in [6.45, 7) is 5.37. The van der Waals surface area contributed by atoms with Crippen molar-refractivity contribution in [3.8, 4) is 0 Å². The zero-order valence-electron chi connectivity index (χ0n) is 10.9.